The summed E-state index contributed by atoms with van der Waals surface area (Å²) in [6, 6.07) is 4.01. The van der Waals surface area contributed by atoms with Crippen molar-refractivity contribution in [2.24, 2.45) is 0 Å². The Labute approximate surface area is 231 Å². The minimum absolute atomic E-state index is 0.0174. The van der Waals surface area contributed by atoms with E-state index in [1.807, 2.05) is 17.2 Å². The number of nitrogens with one attached hydrogen (secondary N) is 1. The van der Waals surface area contributed by atoms with Crippen LogP contribution in [0.1, 0.15) is 85.2 Å². The highest BCUT2D eigenvalue weighted by Crippen LogP contribution is 2.45. The first kappa shape index (κ1) is 25.1. The van der Waals surface area contributed by atoms with E-state index in [0.717, 1.165) is 35.9 Å². The fourth-order valence-electron chi connectivity index (χ4n) is 7.07. The summed E-state index contributed by atoms with van der Waals surface area (Å²) in [5, 5.41) is 12.1. The minimum Gasteiger partial charge on any atom is -0.382 e. The van der Waals surface area contributed by atoms with E-state index in [2.05, 4.69) is 26.3 Å². The Morgan fingerprint density at radius 2 is 1.80 bits per heavy atom. The van der Waals surface area contributed by atoms with E-state index in [9.17, 15) is 13.2 Å². The molecule has 0 radical (unpaired) electrons. The van der Waals surface area contributed by atoms with Crippen molar-refractivity contribution in [3.63, 3.8) is 0 Å². The number of hydrogen-bond acceptors (Lipinski definition) is 9. The van der Waals surface area contributed by atoms with Gasteiger partial charge in [-0.05, 0) is 44.6 Å². The van der Waals surface area contributed by atoms with Gasteiger partial charge in [-0.3, -0.25) is 9.78 Å². The number of fused-ring (bicyclic) bond motifs is 3. The summed E-state index contributed by atoms with van der Waals surface area (Å²) in [6.07, 6.45) is 13.7. The van der Waals surface area contributed by atoms with Gasteiger partial charge in [0.25, 0.3) is 5.91 Å². The number of sulfone groups is 1. The van der Waals surface area contributed by atoms with Crippen molar-refractivity contribution >= 4 is 27.2 Å². The van der Waals surface area contributed by atoms with Crippen molar-refractivity contribution < 1.29 is 13.2 Å². The van der Waals surface area contributed by atoms with Crippen LogP contribution in [-0.2, 0) is 9.84 Å². The second-order valence-electron chi connectivity index (χ2n) is 11.3. The molecule has 1 aliphatic carbocycles. The van der Waals surface area contributed by atoms with Gasteiger partial charge < -0.3 is 15.6 Å². The van der Waals surface area contributed by atoms with Crippen LogP contribution in [0.15, 0.2) is 35.7 Å². The average molecular weight is 562 g/mol. The third-order valence-corrected chi connectivity index (χ3v) is 10.0. The number of nitrogens with two attached hydrogens (primary N) is 1. The fourth-order valence-corrected chi connectivity index (χ4v) is 8.13. The van der Waals surface area contributed by atoms with E-state index >= 15 is 0 Å². The Kier molecular flexibility index (Phi) is 5.88. The summed E-state index contributed by atoms with van der Waals surface area (Å²) in [6.45, 7) is 0. The lowest BCUT2D eigenvalue weighted by Crippen LogP contribution is -2.46. The molecule has 2 bridgehead atoms. The maximum atomic E-state index is 13.1. The first-order valence-electron chi connectivity index (χ1n) is 13.8. The minimum atomic E-state index is -3.72. The van der Waals surface area contributed by atoms with Gasteiger partial charge in [0.1, 0.15) is 17.0 Å². The van der Waals surface area contributed by atoms with Crippen LogP contribution in [0.2, 0.25) is 0 Å². The third kappa shape index (κ3) is 4.05. The number of hydrogen-bond donors (Lipinski definition) is 2. The standard InChI is InChI=1S/C27H31N9O3S/c1-40(38,39)23-22(17-10-18-7-8-19(11-17)35(18)27(37)25-30-14-31-34-25)33-26-20(13-32-36(26)24(23)28)16-6-9-21(29-12-16)15-4-2-3-5-15/h6,9,12-15,17-19H,2-5,7-8,10-11,28H2,1H3,(H,30,31,34)/t17?,18-,19?/m1/s1. The maximum absolute atomic E-state index is 13.1. The first-order chi connectivity index (χ1) is 19.3. The molecule has 12 nitrogen and oxygen atoms in total. The van der Waals surface area contributed by atoms with Crippen molar-refractivity contribution in [2.45, 2.75) is 80.2 Å². The second-order valence-corrected chi connectivity index (χ2v) is 13.3. The van der Waals surface area contributed by atoms with Gasteiger partial charge in [-0.1, -0.05) is 18.9 Å². The Hall–Kier alpha value is -3.87. The van der Waals surface area contributed by atoms with E-state index in [4.69, 9.17) is 15.7 Å². The number of aromatic amines is 1. The summed E-state index contributed by atoms with van der Waals surface area (Å²) in [4.78, 5) is 27.5. The molecule has 1 amide bonds. The van der Waals surface area contributed by atoms with Crippen molar-refractivity contribution in [3.05, 3.63) is 48.1 Å². The molecule has 3 atom stereocenters. The first-order valence-corrected chi connectivity index (χ1v) is 15.7. The van der Waals surface area contributed by atoms with Gasteiger partial charge in [0, 0.05) is 53.2 Å². The maximum Gasteiger partial charge on any atom is 0.292 e. The molecule has 3 N–H and O–H groups in total. The number of pyridine rings is 1. The van der Waals surface area contributed by atoms with Gasteiger partial charge in [0.15, 0.2) is 15.5 Å². The molecule has 3 fully saturated rings. The highest BCUT2D eigenvalue weighted by molar-refractivity contribution is 7.91. The monoisotopic (exact) mass is 561 g/mol. The Balaban J connectivity index is 1.27. The van der Waals surface area contributed by atoms with Crippen LogP contribution in [0.4, 0.5) is 5.82 Å². The van der Waals surface area contributed by atoms with Gasteiger partial charge in [0.2, 0.25) is 5.82 Å². The molecule has 7 rings (SSSR count). The van der Waals surface area contributed by atoms with Crippen LogP contribution < -0.4 is 5.73 Å². The molecule has 2 saturated heterocycles. The van der Waals surface area contributed by atoms with Crippen LogP contribution in [-0.4, -0.2) is 72.3 Å². The zero-order chi connectivity index (χ0) is 27.6. The van der Waals surface area contributed by atoms with E-state index in [-0.39, 0.29) is 40.4 Å². The summed E-state index contributed by atoms with van der Waals surface area (Å²) in [7, 11) is -3.72. The van der Waals surface area contributed by atoms with Gasteiger partial charge in [-0.2, -0.15) is 9.61 Å². The smallest absolute Gasteiger partial charge is 0.292 e. The fraction of sp³-hybridized carbons (Fsp3) is 0.481. The predicted octanol–water partition coefficient (Wildman–Crippen LogP) is 3.10. The number of amides is 1. The lowest BCUT2D eigenvalue weighted by atomic mass is 9.87. The summed E-state index contributed by atoms with van der Waals surface area (Å²) >= 11 is 0. The molecular formula is C27H31N9O3S. The van der Waals surface area contributed by atoms with E-state index in [0.29, 0.717) is 30.1 Å². The lowest BCUT2D eigenvalue weighted by Gasteiger charge is -2.38. The predicted molar refractivity (Wildman–Crippen MR) is 146 cm³/mol. The lowest BCUT2D eigenvalue weighted by molar-refractivity contribution is 0.0556. The van der Waals surface area contributed by atoms with Crippen molar-refractivity contribution in [2.75, 3.05) is 12.0 Å². The summed E-state index contributed by atoms with van der Waals surface area (Å²) < 4.78 is 27.5. The van der Waals surface area contributed by atoms with Crippen molar-refractivity contribution in [1.29, 1.82) is 0 Å². The van der Waals surface area contributed by atoms with Gasteiger partial charge in [-0.25, -0.2) is 13.4 Å². The van der Waals surface area contributed by atoms with E-state index in [1.165, 1.54) is 36.5 Å². The molecule has 4 aromatic rings. The highest BCUT2D eigenvalue weighted by Gasteiger charge is 2.46. The molecule has 0 aromatic carbocycles. The quantitative estimate of drug-likeness (QED) is 0.372. The van der Waals surface area contributed by atoms with Crippen molar-refractivity contribution in [1.82, 2.24) is 39.7 Å². The highest BCUT2D eigenvalue weighted by atomic mass is 32.2. The number of anilines is 1. The molecule has 40 heavy (non-hydrogen) atoms. The Morgan fingerprint density at radius 1 is 1.05 bits per heavy atom. The zero-order valence-electron chi connectivity index (χ0n) is 22.2. The molecule has 208 valence electrons. The second kappa shape index (κ2) is 9.36. The van der Waals surface area contributed by atoms with Crippen molar-refractivity contribution in [3.8, 4) is 11.1 Å². The molecule has 2 aliphatic heterocycles. The SMILES string of the molecule is CS(=O)(=O)c1c(C2CC3CC[C@H](C2)N3C(=O)c2nnc[nH]2)nc2c(-c3ccc(C4CCCC4)nc3)cnn2c1N. The number of carbonyl (C=O) groups is 1. The average Bonchev–Trinajstić information content (AvgIpc) is 3.74. The molecule has 4 aromatic heterocycles. The Morgan fingerprint density at radius 3 is 2.42 bits per heavy atom. The molecule has 2 unspecified atom stereocenters. The van der Waals surface area contributed by atoms with E-state index < -0.39 is 9.84 Å². The van der Waals surface area contributed by atoms with Gasteiger partial charge >= 0.3 is 0 Å². The van der Waals surface area contributed by atoms with Crippen LogP contribution in [0.5, 0.6) is 0 Å². The van der Waals surface area contributed by atoms with Crippen LogP contribution >= 0.6 is 0 Å². The topological polar surface area (TPSA) is 165 Å². The number of nitrogen functional groups attached to an aromatic ring is 1. The molecule has 0 spiro atoms. The number of rotatable bonds is 5. The summed E-state index contributed by atoms with van der Waals surface area (Å²) in [5.41, 5.74) is 10.2. The molecule has 6 heterocycles. The molecule has 3 aliphatic rings. The van der Waals surface area contributed by atoms with Gasteiger partial charge in [-0.15, -0.1) is 10.2 Å². The number of H-pyrrole nitrogens is 1. The zero-order valence-corrected chi connectivity index (χ0v) is 23.0. The molecule has 1 saturated carbocycles. The third-order valence-electron chi connectivity index (χ3n) is 8.88. The number of aromatic nitrogens is 7. The number of piperidine rings is 1. The Bertz CT molecular complexity index is 1680. The van der Waals surface area contributed by atoms with Crippen LogP contribution in [0.3, 0.4) is 0 Å². The van der Waals surface area contributed by atoms with Crippen LogP contribution in [0, 0.1) is 0 Å². The van der Waals surface area contributed by atoms with Gasteiger partial charge in [0.05, 0.1) is 11.9 Å². The van der Waals surface area contributed by atoms with E-state index in [1.54, 1.807) is 6.20 Å². The molecular weight excluding hydrogens is 530 g/mol. The number of carbonyl (C=O) groups excluding carboxylic acids is 1. The summed E-state index contributed by atoms with van der Waals surface area (Å²) in [5.74, 6) is 0.414. The normalized spacial score (nSPS) is 23.3. The molecule has 13 heteroatoms. The number of nitrogens with zero attached hydrogens (tertiary/aromatic N) is 7. The largest absolute Gasteiger partial charge is 0.382 e. The van der Waals surface area contributed by atoms with Crippen LogP contribution in [0.25, 0.3) is 16.8 Å².